The summed E-state index contributed by atoms with van der Waals surface area (Å²) in [6, 6.07) is 0. The van der Waals surface area contributed by atoms with Gasteiger partial charge in [0.25, 0.3) is 0 Å². The van der Waals surface area contributed by atoms with E-state index in [1.165, 1.54) is 0 Å². The molecule has 0 rings (SSSR count). The standard InChI is InChI=1S/C9H20O3/c1-5-7-12-9(10-4)8(3)11-6-2/h8-9H,5-7H2,1-4H3. The molecule has 0 aliphatic rings. The Hall–Kier alpha value is -0.120. The lowest BCUT2D eigenvalue weighted by molar-refractivity contribution is -0.188. The molecule has 2 unspecified atom stereocenters. The average molecular weight is 176 g/mol. The van der Waals surface area contributed by atoms with Crippen LogP contribution in [-0.4, -0.2) is 32.7 Å². The van der Waals surface area contributed by atoms with Crippen molar-refractivity contribution in [1.29, 1.82) is 0 Å². The minimum atomic E-state index is -0.232. The summed E-state index contributed by atoms with van der Waals surface area (Å²) in [7, 11) is 1.63. The number of methoxy groups -OCH3 is 1. The van der Waals surface area contributed by atoms with Crippen LogP contribution in [0.3, 0.4) is 0 Å². The maximum absolute atomic E-state index is 5.41. The van der Waals surface area contributed by atoms with E-state index in [2.05, 4.69) is 6.92 Å². The summed E-state index contributed by atoms with van der Waals surface area (Å²) in [4.78, 5) is 0. The zero-order valence-corrected chi connectivity index (χ0v) is 8.50. The van der Waals surface area contributed by atoms with Crippen LogP contribution in [0.5, 0.6) is 0 Å². The Labute approximate surface area is 75.0 Å². The molecule has 0 aromatic carbocycles. The predicted octanol–water partition coefficient (Wildman–Crippen LogP) is 1.81. The van der Waals surface area contributed by atoms with E-state index in [4.69, 9.17) is 14.2 Å². The van der Waals surface area contributed by atoms with Crippen LogP contribution in [0.15, 0.2) is 0 Å². The quantitative estimate of drug-likeness (QED) is 0.554. The van der Waals surface area contributed by atoms with E-state index < -0.39 is 0 Å². The molecule has 74 valence electrons. The fourth-order valence-corrected chi connectivity index (χ4v) is 0.971. The van der Waals surface area contributed by atoms with Crippen molar-refractivity contribution < 1.29 is 14.2 Å². The van der Waals surface area contributed by atoms with Crippen molar-refractivity contribution >= 4 is 0 Å². The van der Waals surface area contributed by atoms with Crippen LogP contribution in [0.1, 0.15) is 27.2 Å². The Morgan fingerprint density at radius 1 is 1.17 bits per heavy atom. The molecule has 0 bridgehead atoms. The normalized spacial score (nSPS) is 16.0. The summed E-state index contributed by atoms with van der Waals surface area (Å²) in [5.41, 5.74) is 0. The summed E-state index contributed by atoms with van der Waals surface area (Å²) in [5, 5.41) is 0. The molecule has 0 spiro atoms. The Balaban J connectivity index is 3.62. The maximum Gasteiger partial charge on any atom is 0.183 e. The minimum absolute atomic E-state index is 0.00606. The van der Waals surface area contributed by atoms with Crippen molar-refractivity contribution in [2.24, 2.45) is 0 Å². The maximum atomic E-state index is 5.41. The van der Waals surface area contributed by atoms with Gasteiger partial charge in [-0.1, -0.05) is 6.92 Å². The van der Waals surface area contributed by atoms with Gasteiger partial charge in [0.2, 0.25) is 0 Å². The highest BCUT2D eigenvalue weighted by atomic mass is 16.7. The lowest BCUT2D eigenvalue weighted by Crippen LogP contribution is -2.31. The Morgan fingerprint density at radius 3 is 2.25 bits per heavy atom. The number of ether oxygens (including phenoxy) is 3. The molecule has 0 saturated heterocycles. The first-order valence-corrected chi connectivity index (χ1v) is 4.52. The van der Waals surface area contributed by atoms with Gasteiger partial charge in [0.15, 0.2) is 6.29 Å². The van der Waals surface area contributed by atoms with Crippen LogP contribution in [0, 0.1) is 0 Å². The SMILES string of the molecule is CCCOC(OC)C(C)OCC. The molecule has 0 aromatic heterocycles. The summed E-state index contributed by atoms with van der Waals surface area (Å²) in [6.45, 7) is 7.39. The van der Waals surface area contributed by atoms with Gasteiger partial charge in [0, 0.05) is 20.3 Å². The van der Waals surface area contributed by atoms with Crippen LogP contribution in [0.2, 0.25) is 0 Å². The van der Waals surface area contributed by atoms with Crippen molar-refractivity contribution in [3.8, 4) is 0 Å². The second kappa shape index (κ2) is 7.53. The van der Waals surface area contributed by atoms with Gasteiger partial charge in [0.05, 0.1) is 0 Å². The predicted molar refractivity (Wildman–Crippen MR) is 48.1 cm³/mol. The molecule has 12 heavy (non-hydrogen) atoms. The zero-order chi connectivity index (χ0) is 9.40. The van der Waals surface area contributed by atoms with Gasteiger partial charge in [-0.3, -0.25) is 0 Å². The van der Waals surface area contributed by atoms with E-state index in [1.807, 2.05) is 13.8 Å². The molecular formula is C9H20O3. The first kappa shape index (κ1) is 11.9. The van der Waals surface area contributed by atoms with Gasteiger partial charge < -0.3 is 14.2 Å². The van der Waals surface area contributed by atoms with E-state index in [9.17, 15) is 0 Å². The van der Waals surface area contributed by atoms with E-state index >= 15 is 0 Å². The molecule has 0 saturated carbocycles. The molecule has 3 nitrogen and oxygen atoms in total. The third kappa shape index (κ3) is 4.70. The molecule has 0 N–H and O–H groups in total. The van der Waals surface area contributed by atoms with Crippen LogP contribution < -0.4 is 0 Å². The summed E-state index contributed by atoms with van der Waals surface area (Å²) in [5.74, 6) is 0. The number of hydrogen-bond acceptors (Lipinski definition) is 3. The summed E-state index contributed by atoms with van der Waals surface area (Å²) in [6.07, 6.45) is 0.773. The largest absolute Gasteiger partial charge is 0.374 e. The molecule has 2 atom stereocenters. The first-order chi connectivity index (χ1) is 5.76. The lowest BCUT2D eigenvalue weighted by atomic mass is 10.4. The van der Waals surface area contributed by atoms with E-state index in [0.29, 0.717) is 6.61 Å². The van der Waals surface area contributed by atoms with Gasteiger partial charge in [-0.2, -0.15) is 0 Å². The molecule has 3 heteroatoms. The second-order valence-electron chi connectivity index (χ2n) is 2.64. The third-order valence-corrected chi connectivity index (χ3v) is 1.53. The van der Waals surface area contributed by atoms with Crippen molar-refractivity contribution in [2.75, 3.05) is 20.3 Å². The fraction of sp³-hybridized carbons (Fsp3) is 1.00. The van der Waals surface area contributed by atoms with Crippen molar-refractivity contribution in [1.82, 2.24) is 0 Å². The number of hydrogen-bond donors (Lipinski definition) is 0. The number of rotatable bonds is 7. The van der Waals surface area contributed by atoms with E-state index in [-0.39, 0.29) is 12.4 Å². The molecule has 0 amide bonds. The second-order valence-corrected chi connectivity index (χ2v) is 2.64. The van der Waals surface area contributed by atoms with Gasteiger partial charge in [-0.05, 0) is 20.3 Å². The zero-order valence-electron chi connectivity index (χ0n) is 8.50. The first-order valence-electron chi connectivity index (χ1n) is 4.52. The lowest BCUT2D eigenvalue weighted by Gasteiger charge is -2.22. The summed E-state index contributed by atoms with van der Waals surface area (Å²) < 4.78 is 15.9. The Bertz CT molecular complexity index is 95.8. The Kier molecular flexibility index (Phi) is 7.45. The highest BCUT2D eigenvalue weighted by Crippen LogP contribution is 2.04. The van der Waals surface area contributed by atoms with Crippen LogP contribution in [0.25, 0.3) is 0 Å². The minimum Gasteiger partial charge on any atom is -0.374 e. The smallest absolute Gasteiger partial charge is 0.183 e. The molecule has 0 radical (unpaired) electrons. The third-order valence-electron chi connectivity index (χ3n) is 1.53. The van der Waals surface area contributed by atoms with Gasteiger partial charge >= 0.3 is 0 Å². The molecule has 0 heterocycles. The monoisotopic (exact) mass is 176 g/mol. The Morgan fingerprint density at radius 2 is 1.83 bits per heavy atom. The van der Waals surface area contributed by atoms with Crippen molar-refractivity contribution in [3.63, 3.8) is 0 Å². The highest BCUT2D eigenvalue weighted by molar-refractivity contribution is 4.54. The molecule has 0 aliphatic heterocycles. The van der Waals surface area contributed by atoms with E-state index in [0.717, 1.165) is 13.0 Å². The topological polar surface area (TPSA) is 27.7 Å². The average Bonchev–Trinajstić information content (AvgIpc) is 2.06. The van der Waals surface area contributed by atoms with Gasteiger partial charge in [-0.15, -0.1) is 0 Å². The van der Waals surface area contributed by atoms with Crippen LogP contribution in [-0.2, 0) is 14.2 Å². The van der Waals surface area contributed by atoms with Gasteiger partial charge in [0.1, 0.15) is 6.10 Å². The molecule has 0 fully saturated rings. The van der Waals surface area contributed by atoms with Crippen LogP contribution in [0.4, 0.5) is 0 Å². The fourth-order valence-electron chi connectivity index (χ4n) is 0.971. The van der Waals surface area contributed by atoms with Crippen LogP contribution >= 0.6 is 0 Å². The summed E-state index contributed by atoms with van der Waals surface area (Å²) >= 11 is 0. The van der Waals surface area contributed by atoms with Crippen molar-refractivity contribution in [2.45, 2.75) is 39.6 Å². The van der Waals surface area contributed by atoms with E-state index in [1.54, 1.807) is 7.11 Å². The molecular weight excluding hydrogens is 156 g/mol. The van der Waals surface area contributed by atoms with Gasteiger partial charge in [-0.25, -0.2) is 0 Å². The molecule has 0 aromatic rings. The highest BCUT2D eigenvalue weighted by Gasteiger charge is 2.16. The molecule has 0 aliphatic carbocycles. The van der Waals surface area contributed by atoms with Crippen molar-refractivity contribution in [3.05, 3.63) is 0 Å².